The second-order valence-corrected chi connectivity index (χ2v) is 5.10. The zero-order chi connectivity index (χ0) is 14.6. The SMILES string of the molecule is Nc1cccc(OCCN2CCCC(C(F)(F)F)C2)c1. The highest BCUT2D eigenvalue weighted by molar-refractivity contribution is 5.43. The number of hydrogen-bond acceptors (Lipinski definition) is 3. The van der Waals surface area contributed by atoms with Gasteiger partial charge in [0.25, 0.3) is 0 Å². The van der Waals surface area contributed by atoms with Gasteiger partial charge in [0, 0.05) is 24.8 Å². The predicted octanol–water partition coefficient (Wildman–Crippen LogP) is 2.92. The third-order valence-electron chi connectivity index (χ3n) is 3.50. The second-order valence-electron chi connectivity index (χ2n) is 5.10. The van der Waals surface area contributed by atoms with E-state index in [1.807, 2.05) is 4.90 Å². The molecule has 1 aromatic rings. The first-order valence-electron chi connectivity index (χ1n) is 6.72. The first kappa shape index (κ1) is 15.0. The molecule has 20 heavy (non-hydrogen) atoms. The fourth-order valence-electron chi connectivity index (χ4n) is 2.42. The van der Waals surface area contributed by atoms with Gasteiger partial charge in [0.15, 0.2) is 0 Å². The Morgan fingerprint density at radius 3 is 2.85 bits per heavy atom. The van der Waals surface area contributed by atoms with Crippen LogP contribution < -0.4 is 10.5 Å². The molecule has 0 aliphatic carbocycles. The molecule has 2 N–H and O–H groups in total. The minimum Gasteiger partial charge on any atom is -0.492 e. The maximum absolute atomic E-state index is 12.7. The van der Waals surface area contributed by atoms with E-state index in [2.05, 4.69) is 0 Å². The Hall–Kier alpha value is -1.43. The van der Waals surface area contributed by atoms with Crippen LogP contribution in [-0.2, 0) is 0 Å². The van der Waals surface area contributed by atoms with Crippen LogP contribution in [0.1, 0.15) is 12.8 Å². The van der Waals surface area contributed by atoms with Crippen LogP contribution in [0.4, 0.5) is 18.9 Å². The number of alkyl halides is 3. The highest BCUT2D eigenvalue weighted by atomic mass is 19.4. The quantitative estimate of drug-likeness (QED) is 0.866. The van der Waals surface area contributed by atoms with E-state index in [4.69, 9.17) is 10.5 Å². The molecule has 0 amide bonds. The topological polar surface area (TPSA) is 38.5 Å². The van der Waals surface area contributed by atoms with Crippen LogP contribution in [0.2, 0.25) is 0 Å². The molecule has 3 nitrogen and oxygen atoms in total. The lowest BCUT2D eigenvalue weighted by Crippen LogP contribution is -2.43. The summed E-state index contributed by atoms with van der Waals surface area (Å²) in [6, 6.07) is 7.02. The molecule has 112 valence electrons. The highest BCUT2D eigenvalue weighted by Crippen LogP contribution is 2.32. The Kier molecular flexibility index (Phi) is 4.75. The number of nitrogens with zero attached hydrogens (tertiary/aromatic N) is 1. The van der Waals surface area contributed by atoms with Crippen molar-refractivity contribution in [2.75, 3.05) is 32.0 Å². The van der Waals surface area contributed by atoms with E-state index in [0.29, 0.717) is 37.6 Å². The molecule has 1 aromatic carbocycles. The molecule has 2 rings (SSSR count). The summed E-state index contributed by atoms with van der Waals surface area (Å²) in [5, 5.41) is 0. The van der Waals surface area contributed by atoms with Gasteiger partial charge in [-0.3, -0.25) is 4.90 Å². The molecule has 0 bridgehead atoms. The van der Waals surface area contributed by atoms with Crippen LogP contribution in [0, 0.1) is 5.92 Å². The summed E-state index contributed by atoms with van der Waals surface area (Å²) in [6.07, 6.45) is -3.27. The van der Waals surface area contributed by atoms with Crippen molar-refractivity contribution in [1.82, 2.24) is 4.90 Å². The number of halogens is 3. The average molecular weight is 288 g/mol. The maximum atomic E-state index is 12.7. The Labute approximate surface area is 116 Å². The lowest BCUT2D eigenvalue weighted by Gasteiger charge is -2.33. The smallest absolute Gasteiger partial charge is 0.393 e. The Morgan fingerprint density at radius 2 is 2.15 bits per heavy atom. The zero-order valence-electron chi connectivity index (χ0n) is 11.2. The molecule has 1 fully saturated rings. The van der Waals surface area contributed by atoms with Crippen LogP contribution in [0.5, 0.6) is 5.75 Å². The lowest BCUT2D eigenvalue weighted by atomic mass is 9.98. The van der Waals surface area contributed by atoms with E-state index in [1.54, 1.807) is 24.3 Å². The summed E-state index contributed by atoms with van der Waals surface area (Å²) in [6.45, 7) is 1.64. The van der Waals surface area contributed by atoms with Gasteiger partial charge in [0.05, 0.1) is 5.92 Å². The summed E-state index contributed by atoms with van der Waals surface area (Å²) in [7, 11) is 0. The minimum atomic E-state index is -4.09. The number of benzene rings is 1. The van der Waals surface area contributed by atoms with E-state index >= 15 is 0 Å². The summed E-state index contributed by atoms with van der Waals surface area (Å²) in [4.78, 5) is 1.81. The maximum Gasteiger partial charge on any atom is 0.393 e. The molecule has 1 atom stereocenters. The molecule has 1 heterocycles. The van der Waals surface area contributed by atoms with Crippen molar-refractivity contribution in [3.05, 3.63) is 24.3 Å². The van der Waals surface area contributed by atoms with Crippen molar-refractivity contribution < 1.29 is 17.9 Å². The number of likely N-dealkylation sites (tertiary alicyclic amines) is 1. The number of rotatable bonds is 4. The normalized spacial score (nSPS) is 20.9. The van der Waals surface area contributed by atoms with Crippen molar-refractivity contribution in [1.29, 1.82) is 0 Å². The Morgan fingerprint density at radius 1 is 1.35 bits per heavy atom. The van der Waals surface area contributed by atoms with Gasteiger partial charge in [-0.1, -0.05) is 6.07 Å². The van der Waals surface area contributed by atoms with Crippen molar-refractivity contribution in [2.24, 2.45) is 5.92 Å². The summed E-state index contributed by atoms with van der Waals surface area (Å²) in [5.41, 5.74) is 6.23. The van der Waals surface area contributed by atoms with Crippen molar-refractivity contribution >= 4 is 5.69 Å². The molecule has 1 saturated heterocycles. The van der Waals surface area contributed by atoms with Crippen molar-refractivity contribution in [2.45, 2.75) is 19.0 Å². The molecule has 0 spiro atoms. The molecular formula is C14H19F3N2O. The number of hydrogen-bond donors (Lipinski definition) is 1. The summed E-state index contributed by atoms with van der Waals surface area (Å²) >= 11 is 0. The number of piperidine rings is 1. The van der Waals surface area contributed by atoms with Crippen LogP contribution in [0.15, 0.2) is 24.3 Å². The fraction of sp³-hybridized carbons (Fsp3) is 0.571. The average Bonchev–Trinajstić information content (AvgIpc) is 2.38. The standard InChI is InChI=1S/C14H19F3N2O/c15-14(16,17)11-3-2-6-19(10-11)7-8-20-13-5-1-4-12(18)9-13/h1,4-5,9,11H,2-3,6-8,10,18H2. The van der Waals surface area contributed by atoms with E-state index in [0.717, 1.165) is 0 Å². The highest BCUT2D eigenvalue weighted by Gasteiger charge is 2.41. The fourth-order valence-corrected chi connectivity index (χ4v) is 2.42. The molecule has 1 aliphatic heterocycles. The van der Waals surface area contributed by atoms with Gasteiger partial charge in [0.1, 0.15) is 12.4 Å². The first-order chi connectivity index (χ1) is 9.45. The largest absolute Gasteiger partial charge is 0.492 e. The number of nitrogens with two attached hydrogens (primary N) is 1. The number of nitrogen functional groups attached to an aromatic ring is 1. The van der Waals surface area contributed by atoms with Gasteiger partial charge in [-0.05, 0) is 31.5 Å². The monoisotopic (exact) mass is 288 g/mol. The van der Waals surface area contributed by atoms with Crippen molar-refractivity contribution in [3.8, 4) is 5.75 Å². The van der Waals surface area contributed by atoms with Gasteiger partial charge in [-0.15, -0.1) is 0 Å². The van der Waals surface area contributed by atoms with Gasteiger partial charge >= 0.3 is 6.18 Å². The van der Waals surface area contributed by atoms with E-state index in [1.165, 1.54) is 0 Å². The minimum absolute atomic E-state index is 0.0732. The molecular weight excluding hydrogens is 269 g/mol. The predicted molar refractivity (Wildman–Crippen MR) is 71.6 cm³/mol. The third-order valence-corrected chi connectivity index (χ3v) is 3.50. The van der Waals surface area contributed by atoms with Gasteiger partial charge in [0.2, 0.25) is 0 Å². The van der Waals surface area contributed by atoms with Crippen LogP contribution in [0.3, 0.4) is 0 Å². The van der Waals surface area contributed by atoms with Crippen LogP contribution >= 0.6 is 0 Å². The molecule has 1 aliphatic rings. The summed E-state index contributed by atoms with van der Waals surface area (Å²) in [5.74, 6) is -0.557. The number of ether oxygens (including phenoxy) is 1. The van der Waals surface area contributed by atoms with Gasteiger partial charge < -0.3 is 10.5 Å². The van der Waals surface area contributed by atoms with E-state index in [-0.39, 0.29) is 13.0 Å². The van der Waals surface area contributed by atoms with Crippen LogP contribution in [-0.4, -0.2) is 37.3 Å². The Balaban J connectivity index is 1.76. The van der Waals surface area contributed by atoms with Gasteiger partial charge in [-0.2, -0.15) is 13.2 Å². The molecule has 0 aromatic heterocycles. The number of anilines is 1. The van der Waals surface area contributed by atoms with E-state index < -0.39 is 12.1 Å². The third kappa shape index (κ3) is 4.30. The molecule has 0 saturated carbocycles. The summed E-state index contributed by atoms with van der Waals surface area (Å²) < 4.78 is 43.5. The first-order valence-corrected chi connectivity index (χ1v) is 6.72. The lowest BCUT2D eigenvalue weighted by molar-refractivity contribution is -0.186. The molecule has 1 unspecified atom stereocenters. The molecule has 6 heteroatoms. The zero-order valence-corrected chi connectivity index (χ0v) is 11.2. The second kappa shape index (κ2) is 6.35. The van der Waals surface area contributed by atoms with Gasteiger partial charge in [-0.25, -0.2) is 0 Å². The Bertz CT molecular complexity index is 437. The van der Waals surface area contributed by atoms with E-state index in [9.17, 15) is 13.2 Å². The van der Waals surface area contributed by atoms with Crippen LogP contribution in [0.25, 0.3) is 0 Å². The molecule has 0 radical (unpaired) electrons. The van der Waals surface area contributed by atoms with Crippen molar-refractivity contribution in [3.63, 3.8) is 0 Å².